The van der Waals surface area contributed by atoms with Crippen molar-refractivity contribution in [3.8, 4) is 5.75 Å². The van der Waals surface area contributed by atoms with Gasteiger partial charge in [0.15, 0.2) is 0 Å². The van der Waals surface area contributed by atoms with E-state index in [4.69, 9.17) is 16.3 Å². The summed E-state index contributed by atoms with van der Waals surface area (Å²) in [5.41, 5.74) is 2.13. The van der Waals surface area contributed by atoms with Crippen LogP contribution in [0, 0.1) is 5.92 Å². The van der Waals surface area contributed by atoms with E-state index in [1.165, 1.54) is 6.42 Å². The number of nitrogens with zero attached hydrogens (tertiary/aromatic N) is 2. The maximum Gasteiger partial charge on any atom is 0.127 e. The van der Waals surface area contributed by atoms with Crippen LogP contribution in [0.1, 0.15) is 37.5 Å². The van der Waals surface area contributed by atoms with Crippen molar-refractivity contribution in [2.45, 2.75) is 31.7 Å². The molecule has 2 aromatic rings. The number of rotatable bonds is 3. The number of fused-ring (bicyclic) bond motifs is 1. The molecule has 3 rings (SSSR count). The minimum atomic E-state index is -0.0730. The number of halogens is 1. The van der Waals surface area contributed by atoms with Crippen molar-refractivity contribution in [2.24, 2.45) is 5.92 Å². The number of benzene rings is 1. The Kier molecular flexibility index (Phi) is 2.74. The number of imidazole rings is 1. The Labute approximate surface area is 112 Å². The van der Waals surface area contributed by atoms with Crippen molar-refractivity contribution < 1.29 is 4.74 Å². The van der Waals surface area contributed by atoms with Gasteiger partial charge in [0, 0.05) is 12.1 Å². The lowest BCUT2D eigenvalue weighted by atomic mass is 10.3. The first-order chi connectivity index (χ1) is 8.61. The summed E-state index contributed by atoms with van der Waals surface area (Å²) in [5, 5.41) is -0.0730. The average molecular weight is 265 g/mol. The predicted molar refractivity (Wildman–Crippen MR) is 73.4 cm³/mol. The first-order valence-corrected chi connectivity index (χ1v) is 6.75. The summed E-state index contributed by atoms with van der Waals surface area (Å²) < 4.78 is 7.59. The molecule has 4 heteroatoms. The van der Waals surface area contributed by atoms with Crippen LogP contribution in [0.5, 0.6) is 5.75 Å². The van der Waals surface area contributed by atoms with Crippen LogP contribution in [0.3, 0.4) is 0 Å². The van der Waals surface area contributed by atoms with Crippen molar-refractivity contribution in [3.05, 3.63) is 24.0 Å². The molecule has 0 N–H and O–H groups in total. The van der Waals surface area contributed by atoms with Gasteiger partial charge in [0.2, 0.25) is 0 Å². The van der Waals surface area contributed by atoms with E-state index < -0.39 is 0 Å². The molecule has 3 atom stereocenters. The Balaban J connectivity index is 2.22. The lowest BCUT2D eigenvalue weighted by Gasteiger charge is -2.10. The lowest BCUT2D eigenvalue weighted by molar-refractivity contribution is 0.415. The number of hydrogen-bond acceptors (Lipinski definition) is 2. The maximum absolute atomic E-state index is 6.26. The summed E-state index contributed by atoms with van der Waals surface area (Å²) in [7, 11) is 1.69. The van der Waals surface area contributed by atoms with E-state index in [0.717, 1.165) is 22.6 Å². The van der Waals surface area contributed by atoms with Gasteiger partial charge in [-0.3, -0.25) is 0 Å². The largest absolute Gasteiger partial charge is 0.497 e. The Morgan fingerprint density at radius 3 is 2.78 bits per heavy atom. The average Bonchev–Trinajstić information content (AvgIpc) is 2.94. The van der Waals surface area contributed by atoms with E-state index in [-0.39, 0.29) is 5.38 Å². The Morgan fingerprint density at radius 1 is 1.50 bits per heavy atom. The van der Waals surface area contributed by atoms with Gasteiger partial charge in [0.05, 0.1) is 23.5 Å². The fourth-order valence-electron chi connectivity index (χ4n) is 2.51. The van der Waals surface area contributed by atoms with E-state index in [2.05, 4.69) is 22.5 Å². The first kappa shape index (κ1) is 11.8. The zero-order chi connectivity index (χ0) is 12.9. The third-order valence-corrected chi connectivity index (χ3v) is 3.87. The van der Waals surface area contributed by atoms with Crippen LogP contribution in [0.2, 0.25) is 0 Å². The SMILES string of the molecule is COc1ccc2nc(C(C)Cl)n(C3CC3C)c2c1. The summed E-state index contributed by atoms with van der Waals surface area (Å²) in [6.45, 7) is 4.24. The molecule has 96 valence electrons. The van der Waals surface area contributed by atoms with Gasteiger partial charge in [-0.2, -0.15) is 0 Å². The quantitative estimate of drug-likeness (QED) is 0.786. The normalized spacial score (nSPS) is 24.2. The van der Waals surface area contributed by atoms with Gasteiger partial charge < -0.3 is 9.30 Å². The van der Waals surface area contributed by atoms with E-state index in [9.17, 15) is 0 Å². The fourth-order valence-corrected chi connectivity index (χ4v) is 2.66. The molecule has 1 aliphatic rings. The van der Waals surface area contributed by atoms with Crippen LogP contribution >= 0.6 is 11.6 Å². The van der Waals surface area contributed by atoms with Gasteiger partial charge in [-0.05, 0) is 31.4 Å². The number of aromatic nitrogens is 2. The molecule has 1 fully saturated rings. The molecule has 3 unspecified atom stereocenters. The molecule has 0 aliphatic heterocycles. The maximum atomic E-state index is 6.26. The number of methoxy groups -OCH3 is 1. The van der Waals surface area contributed by atoms with Crippen molar-refractivity contribution in [2.75, 3.05) is 7.11 Å². The molecule has 1 aliphatic carbocycles. The van der Waals surface area contributed by atoms with E-state index in [1.807, 2.05) is 19.1 Å². The molecular formula is C14H17ClN2O. The number of hydrogen-bond donors (Lipinski definition) is 0. The topological polar surface area (TPSA) is 27.1 Å². The molecule has 0 spiro atoms. The van der Waals surface area contributed by atoms with Gasteiger partial charge >= 0.3 is 0 Å². The monoisotopic (exact) mass is 264 g/mol. The number of ether oxygens (including phenoxy) is 1. The standard InChI is InChI=1S/C14H17ClN2O/c1-8-6-12(8)17-13-7-10(18-3)4-5-11(13)16-14(17)9(2)15/h4-5,7-9,12H,6H2,1-3H3. The first-order valence-electron chi connectivity index (χ1n) is 6.31. The van der Waals surface area contributed by atoms with Crippen molar-refractivity contribution in [1.29, 1.82) is 0 Å². The van der Waals surface area contributed by atoms with Crippen molar-refractivity contribution in [1.82, 2.24) is 9.55 Å². The summed E-state index contributed by atoms with van der Waals surface area (Å²) in [6.07, 6.45) is 1.21. The second-order valence-corrected chi connectivity index (χ2v) is 5.75. The van der Waals surface area contributed by atoms with Crippen LogP contribution in [0.25, 0.3) is 11.0 Å². The molecule has 1 aromatic heterocycles. The van der Waals surface area contributed by atoms with Crippen LogP contribution in [-0.2, 0) is 0 Å². The highest BCUT2D eigenvalue weighted by Crippen LogP contribution is 2.46. The molecule has 0 bridgehead atoms. The third-order valence-electron chi connectivity index (χ3n) is 3.68. The Hall–Kier alpha value is -1.22. The molecular weight excluding hydrogens is 248 g/mol. The van der Waals surface area contributed by atoms with Crippen LogP contribution < -0.4 is 4.74 Å². The van der Waals surface area contributed by atoms with Gasteiger partial charge in [0.1, 0.15) is 11.6 Å². The molecule has 0 amide bonds. The zero-order valence-corrected chi connectivity index (χ0v) is 11.6. The van der Waals surface area contributed by atoms with Gasteiger partial charge in [0.25, 0.3) is 0 Å². The van der Waals surface area contributed by atoms with Crippen LogP contribution in [0.4, 0.5) is 0 Å². The Morgan fingerprint density at radius 2 is 2.22 bits per heavy atom. The molecule has 1 aromatic carbocycles. The minimum absolute atomic E-state index is 0.0730. The summed E-state index contributed by atoms with van der Waals surface area (Å²) in [4.78, 5) is 4.66. The molecule has 3 nitrogen and oxygen atoms in total. The summed E-state index contributed by atoms with van der Waals surface area (Å²) in [6, 6.07) is 6.54. The summed E-state index contributed by atoms with van der Waals surface area (Å²) >= 11 is 6.26. The van der Waals surface area contributed by atoms with Gasteiger partial charge in [-0.1, -0.05) is 6.92 Å². The van der Waals surface area contributed by atoms with Crippen molar-refractivity contribution >= 4 is 22.6 Å². The highest BCUT2D eigenvalue weighted by Gasteiger charge is 2.37. The molecule has 1 heterocycles. The molecule has 0 radical (unpaired) electrons. The zero-order valence-electron chi connectivity index (χ0n) is 10.9. The van der Waals surface area contributed by atoms with E-state index in [0.29, 0.717) is 12.0 Å². The minimum Gasteiger partial charge on any atom is -0.497 e. The highest BCUT2D eigenvalue weighted by atomic mass is 35.5. The smallest absolute Gasteiger partial charge is 0.127 e. The second-order valence-electron chi connectivity index (χ2n) is 5.09. The fraction of sp³-hybridized carbons (Fsp3) is 0.500. The van der Waals surface area contributed by atoms with Crippen LogP contribution in [0.15, 0.2) is 18.2 Å². The third kappa shape index (κ3) is 1.77. The van der Waals surface area contributed by atoms with Crippen molar-refractivity contribution in [3.63, 3.8) is 0 Å². The van der Waals surface area contributed by atoms with Gasteiger partial charge in [-0.15, -0.1) is 11.6 Å². The second kappa shape index (κ2) is 4.16. The predicted octanol–water partition coefficient (Wildman–Crippen LogP) is 3.93. The van der Waals surface area contributed by atoms with Crippen LogP contribution in [-0.4, -0.2) is 16.7 Å². The molecule has 18 heavy (non-hydrogen) atoms. The molecule has 1 saturated carbocycles. The number of alkyl halides is 1. The summed E-state index contributed by atoms with van der Waals surface area (Å²) in [5.74, 6) is 2.54. The van der Waals surface area contributed by atoms with E-state index in [1.54, 1.807) is 7.11 Å². The van der Waals surface area contributed by atoms with Gasteiger partial charge in [-0.25, -0.2) is 4.98 Å². The van der Waals surface area contributed by atoms with E-state index >= 15 is 0 Å². The highest BCUT2D eigenvalue weighted by molar-refractivity contribution is 6.20. The Bertz CT molecular complexity index is 591. The lowest BCUT2D eigenvalue weighted by Crippen LogP contribution is -2.03. The molecule has 0 saturated heterocycles.